The van der Waals surface area contributed by atoms with Crippen LogP contribution >= 0.6 is 0 Å². The number of hydrogen-bond donors (Lipinski definition) is 2. The van der Waals surface area contributed by atoms with Crippen LogP contribution in [-0.2, 0) is 22.6 Å². The summed E-state index contributed by atoms with van der Waals surface area (Å²) in [6, 6.07) is 4.50. The lowest BCUT2D eigenvalue weighted by Gasteiger charge is -2.29. The van der Waals surface area contributed by atoms with E-state index in [4.69, 9.17) is 4.52 Å². The van der Waals surface area contributed by atoms with Crippen LogP contribution in [0.1, 0.15) is 51.9 Å². The average Bonchev–Trinajstić information content (AvgIpc) is 3.53. The molecule has 5 rings (SSSR count). The summed E-state index contributed by atoms with van der Waals surface area (Å²) in [5.74, 6) is -1.00. The first kappa shape index (κ1) is 20.5. The van der Waals surface area contributed by atoms with Gasteiger partial charge in [-0.25, -0.2) is 4.68 Å². The molecule has 12 nitrogen and oxygen atoms in total. The number of amides is 4. The maximum Gasteiger partial charge on any atom is 0.277 e. The number of nitrogens with zero attached hydrogens (tertiary/aromatic N) is 5. The molecule has 168 valence electrons. The van der Waals surface area contributed by atoms with Crippen LogP contribution in [0, 0.1) is 0 Å². The molecule has 4 heterocycles. The topological polar surface area (TPSA) is 152 Å². The van der Waals surface area contributed by atoms with Gasteiger partial charge in [0.15, 0.2) is 11.5 Å². The van der Waals surface area contributed by atoms with Crippen molar-refractivity contribution in [3.63, 3.8) is 0 Å². The third-order valence-electron chi connectivity index (χ3n) is 5.72. The Hall–Kier alpha value is -4.35. The van der Waals surface area contributed by atoms with Crippen LogP contribution in [-0.4, -0.2) is 54.7 Å². The predicted octanol–water partition coefficient (Wildman–Crippen LogP) is 0.831. The van der Waals surface area contributed by atoms with Gasteiger partial charge >= 0.3 is 0 Å². The Morgan fingerprint density at radius 3 is 2.94 bits per heavy atom. The lowest BCUT2D eigenvalue weighted by Crippen LogP contribution is -2.52. The first-order chi connectivity index (χ1) is 15.9. The van der Waals surface area contributed by atoms with Gasteiger partial charge in [-0.3, -0.25) is 24.5 Å². The monoisotopic (exact) mass is 449 g/mol. The van der Waals surface area contributed by atoms with E-state index in [0.29, 0.717) is 35.5 Å². The zero-order valence-corrected chi connectivity index (χ0v) is 17.6. The lowest BCUT2D eigenvalue weighted by molar-refractivity contribution is -0.136. The second-order valence-corrected chi connectivity index (χ2v) is 7.76. The van der Waals surface area contributed by atoms with Crippen molar-refractivity contribution in [2.75, 3.05) is 5.32 Å². The molecule has 3 aromatic rings. The summed E-state index contributed by atoms with van der Waals surface area (Å²) in [6.45, 7) is 2.16. The highest BCUT2D eigenvalue weighted by Gasteiger charge is 2.39. The molecule has 0 aliphatic carbocycles. The molecule has 0 spiro atoms. The molecule has 2 aromatic heterocycles. The predicted molar refractivity (Wildman–Crippen MR) is 111 cm³/mol. The number of fused-ring (bicyclic) bond motifs is 1. The number of carbonyl (C=O) groups is 4. The van der Waals surface area contributed by atoms with Gasteiger partial charge in [0.2, 0.25) is 11.8 Å². The van der Waals surface area contributed by atoms with E-state index in [1.807, 2.05) is 6.92 Å². The minimum absolute atomic E-state index is 0.0789. The Morgan fingerprint density at radius 1 is 1.30 bits per heavy atom. The third kappa shape index (κ3) is 3.64. The van der Waals surface area contributed by atoms with E-state index in [-0.39, 0.29) is 30.5 Å². The van der Waals surface area contributed by atoms with Crippen molar-refractivity contribution in [3.05, 3.63) is 53.2 Å². The Labute approximate surface area is 186 Å². The number of rotatable bonds is 5. The van der Waals surface area contributed by atoms with E-state index in [1.54, 1.807) is 18.2 Å². The zero-order chi connectivity index (χ0) is 23.1. The molecule has 1 saturated heterocycles. The molecule has 2 N–H and O–H groups in total. The van der Waals surface area contributed by atoms with Crippen LogP contribution in [0.4, 0.5) is 5.69 Å². The molecule has 33 heavy (non-hydrogen) atoms. The normalized spacial score (nSPS) is 17.8. The van der Waals surface area contributed by atoms with Crippen LogP contribution in [0.2, 0.25) is 0 Å². The fraction of sp³-hybridized carbons (Fsp3) is 0.286. The van der Waals surface area contributed by atoms with Crippen molar-refractivity contribution < 1.29 is 23.7 Å². The summed E-state index contributed by atoms with van der Waals surface area (Å²) >= 11 is 0. The molecule has 2 aliphatic rings. The van der Waals surface area contributed by atoms with Crippen LogP contribution in [0.25, 0.3) is 5.69 Å². The summed E-state index contributed by atoms with van der Waals surface area (Å²) in [4.78, 5) is 50.6. The van der Waals surface area contributed by atoms with Gasteiger partial charge in [0.25, 0.3) is 11.8 Å². The Bertz CT molecular complexity index is 1290. The number of imide groups is 1. The van der Waals surface area contributed by atoms with Crippen molar-refractivity contribution in [3.8, 4) is 5.69 Å². The molecule has 0 radical (unpaired) electrons. The van der Waals surface area contributed by atoms with Gasteiger partial charge in [0.1, 0.15) is 11.7 Å². The van der Waals surface area contributed by atoms with E-state index < -0.39 is 17.9 Å². The number of anilines is 1. The van der Waals surface area contributed by atoms with E-state index in [0.717, 1.165) is 5.56 Å². The van der Waals surface area contributed by atoms with Crippen LogP contribution < -0.4 is 10.6 Å². The molecule has 4 amide bonds. The molecule has 12 heteroatoms. The third-order valence-corrected chi connectivity index (χ3v) is 5.72. The lowest BCUT2D eigenvalue weighted by atomic mass is 10.0. The van der Waals surface area contributed by atoms with E-state index in [9.17, 15) is 19.2 Å². The van der Waals surface area contributed by atoms with Gasteiger partial charge in [0.05, 0.1) is 18.1 Å². The molecule has 1 aromatic carbocycles. The number of carbonyl (C=O) groups excluding carboxylic acids is 4. The van der Waals surface area contributed by atoms with Gasteiger partial charge < -0.3 is 14.7 Å². The Balaban J connectivity index is 1.34. The van der Waals surface area contributed by atoms with Crippen molar-refractivity contribution in [2.24, 2.45) is 0 Å². The Kier molecular flexibility index (Phi) is 4.96. The minimum atomic E-state index is -0.682. The van der Waals surface area contributed by atoms with Crippen molar-refractivity contribution in [1.82, 2.24) is 30.4 Å². The molecule has 1 unspecified atom stereocenters. The fourth-order valence-electron chi connectivity index (χ4n) is 3.99. The van der Waals surface area contributed by atoms with Crippen LogP contribution in [0.3, 0.4) is 0 Å². The van der Waals surface area contributed by atoms with Gasteiger partial charge in [-0.15, -0.1) is 5.10 Å². The summed E-state index contributed by atoms with van der Waals surface area (Å²) in [5.41, 5.74) is 2.30. The Morgan fingerprint density at radius 2 is 2.15 bits per heavy atom. The maximum absolute atomic E-state index is 13.0. The molecular weight excluding hydrogens is 430 g/mol. The molecule has 0 bridgehead atoms. The van der Waals surface area contributed by atoms with Crippen LogP contribution in [0.15, 0.2) is 35.1 Å². The highest BCUT2D eigenvalue weighted by atomic mass is 16.5. The van der Waals surface area contributed by atoms with Gasteiger partial charge in [-0.2, -0.15) is 0 Å². The van der Waals surface area contributed by atoms with E-state index in [1.165, 1.54) is 22.0 Å². The standard InChI is InChI=1S/C21H19N7O5/c1-2-17-14(8-22-33-17)23-19(30)15-10-28(26-25-15)12-4-3-11-9-27(21(32)13(11)7-12)16-5-6-18(29)24-20(16)31/h3-4,7-8,10,16H,2,5-6,9H2,1H3,(H,23,30)(H,24,29,31). The summed E-state index contributed by atoms with van der Waals surface area (Å²) < 4.78 is 6.45. The van der Waals surface area contributed by atoms with E-state index in [2.05, 4.69) is 26.1 Å². The average molecular weight is 449 g/mol. The molecule has 1 fully saturated rings. The molecule has 1 atom stereocenters. The summed E-state index contributed by atoms with van der Waals surface area (Å²) in [7, 11) is 0. The van der Waals surface area contributed by atoms with Gasteiger partial charge in [-0.1, -0.05) is 23.4 Å². The minimum Gasteiger partial charge on any atom is -0.359 e. The number of piperidine rings is 1. The molecular formula is C21H19N7O5. The summed E-state index contributed by atoms with van der Waals surface area (Å²) in [5, 5.41) is 16.6. The van der Waals surface area contributed by atoms with E-state index >= 15 is 0 Å². The largest absolute Gasteiger partial charge is 0.359 e. The number of benzene rings is 1. The first-order valence-corrected chi connectivity index (χ1v) is 10.4. The molecule has 0 saturated carbocycles. The first-order valence-electron chi connectivity index (χ1n) is 10.4. The van der Waals surface area contributed by atoms with Crippen molar-refractivity contribution in [1.29, 1.82) is 0 Å². The highest BCUT2D eigenvalue weighted by molar-refractivity contribution is 6.05. The maximum atomic E-state index is 13.0. The SMILES string of the molecule is CCc1oncc1NC(=O)c1cn(-c2ccc3c(c2)C(=O)N(C2CCC(=O)NC2=O)C3)nn1. The van der Waals surface area contributed by atoms with Crippen LogP contribution in [0.5, 0.6) is 0 Å². The van der Waals surface area contributed by atoms with Gasteiger partial charge in [-0.05, 0) is 24.1 Å². The number of aryl methyl sites for hydroxylation is 1. The second-order valence-electron chi connectivity index (χ2n) is 7.76. The fourth-order valence-corrected chi connectivity index (χ4v) is 3.99. The summed E-state index contributed by atoms with van der Waals surface area (Å²) in [6.07, 6.45) is 3.93. The second kappa shape index (κ2) is 7.97. The van der Waals surface area contributed by atoms with Gasteiger partial charge in [0, 0.05) is 24.9 Å². The quantitative estimate of drug-likeness (QED) is 0.543. The highest BCUT2D eigenvalue weighted by Crippen LogP contribution is 2.29. The zero-order valence-electron chi connectivity index (χ0n) is 17.6. The van der Waals surface area contributed by atoms with Crippen molar-refractivity contribution >= 4 is 29.3 Å². The number of nitrogens with one attached hydrogen (secondary N) is 2. The molecule has 2 aliphatic heterocycles. The number of aromatic nitrogens is 4. The smallest absolute Gasteiger partial charge is 0.277 e. The number of hydrogen-bond acceptors (Lipinski definition) is 8. The van der Waals surface area contributed by atoms with Crippen molar-refractivity contribution in [2.45, 2.75) is 38.8 Å².